The molecule has 0 aliphatic carbocycles. The number of nitrogens with zero attached hydrogens (tertiary/aromatic N) is 1. The molecule has 1 fully saturated rings. The van der Waals surface area contributed by atoms with E-state index in [-0.39, 0.29) is 30.4 Å². The van der Waals surface area contributed by atoms with Crippen molar-refractivity contribution in [1.82, 2.24) is 15.6 Å². The Hall–Kier alpha value is -2.51. The van der Waals surface area contributed by atoms with Gasteiger partial charge in [0, 0.05) is 41.7 Å². The molecule has 0 saturated carbocycles. The molecule has 0 radical (unpaired) electrons. The summed E-state index contributed by atoms with van der Waals surface area (Å²) in [6.45, 7) is 4.21. The van der Waals surface area contributed by atoms with Crippen molar-refractivity contribution in [2.45, 2.75) is 44.4 Å². The van der Waals surface area contributed by atoms with E-state index in [1.165, 1.54) is 18.3 Å². The average molecular weight is 401 g/mol. The van der Waals surface area contributed by atoms with E-state index >= 15 is 0 Å². The van der Waals surface area contributed by atoms with Crippen LogP contribution in [0.1, 0.15) is 44.0 Å². The summed E-state index contributed by atoms with van der Waals surface area (Å²) < 4.78 is 34.8. The lowest BCUT2D eigenvalue weighted by molar-refractivity contribution is -0.186. The number of ether oxygens (including phenoxy) is 1. The molecule has 7 heteroatoms. The molecular weight excluding hydrogens is 376 g/mol. The van der Waals surface area contributed by atoms with Crippen LogP contribution in [0, 0.1) is 11.6 Å². The van der Waals surface area contributed by atoms with Crippen molar-refractivity contribution in [3.05, 3.63) is 65.3 Å². The van der Waals surface area contributed by atoms with Crippen molar-refractivity contribution in [2.75, 3.05) is 13.2 Å². The Morgan fingerprint density at radius 2 is 2.10 bits per heavy atom. The molecular formula is C22H25F2N3O2. The predicted molar refractivity (Wildman–Crippen MR) is 106 cm³/mol. The number of halogens is 2. The summed E-state index contributed by atoms with van der Waals surface area (Å²) in [6.07, 6.45) is 5.24. The van der Waals surface area contributed by atoms with Crippen LogP contribution in [0.3, 0.4) is 0 Å². The summed E-state index contributed by atoms with van der Waals surface area (Å²) in [4.78, 5) is 4.16. The fourth-order valence-electron chi connectivity index (χ4n) is 3.73. The molecule has 154 valence electrons. The first-order valence-electron chi connectivity index (χ1n) is 9.87. The third-order valence-corrected chi connectivity index (χ3v) is 5.64. The summed E-state index contributed by atoms with van der Waals surface area (Å²) in [7, 11) is 0. The highest BCUT2D eigenvalue weighted by atomic mass is 19.1. The van der Waals surface area contributed by atoms with Crippen molar-refractivity contribution in [2.24, 2.45) is 0 Å². The lowest BCUT2D eigenvalue weighted by Crippen LogP contribution is -2.47. The molecule has 5 nitrogen and oxygen atoms in total. The van der Waals surface area contributed by atoms with Gasteiger partial charge in [-0.15, -0.1) is 0 Å². The number of hydrogen-bond donors (Lipinski definition) is 3. The van der Waals surface area contributed by atoms with E-state index in [2.05, 4.69) is 22.5 Å². The Labute approximate surface area is 168 Å². The van der Waals surface area contributed by atoms with Crippen LogP contribution in [0.2, 0.25) is 0 Å². The number of aliphatic hydroxyl groups is 1. The molecule has 2 aliphatic rings. The number of aromatic nitrogens is 1. The standard InChI is InChI=1S/C22H25F2N3O2/c1-3-15-7-16(10-26-15)27-13(2)17-8-20(24)18(9-19(17)23)14-4-5-25-21(6-14)22(28)11-29-12-22/h4-6,8-10,13,15,26-28H,3,7,11-12H2,1-2H3/t13?,15-/m0/s1. The van der Waals surface area contributed by atoms with Crippen LogP contribution in [-0.2, 0) is 10.3 Å². The first kappa shape index (κ1) is 19.8. The molecule has 0 bridgehead atoms. The molecule has 3 heterocycles. The molecule has 0 spiro atoms. The van der Waals surface area contributed by atoms with Gasteiger partial charge in [-0.3, -0.25) is 4.98 Å². The Morgan fingerprint density at radius 1 is 1.31 bits per heavy atom. The molecule has 0 amide bonds. The van der Waals surface area contributed by atoms with E-state index in [0.717, 1.165) is 18.5 Å². The zero-order chi connectivity index (χ0) is 20.6. The van der Waals surface area contributed by atoms with Gasteiger partial charge in [-0.2, -0.15) is 0 Å². The second-order valence-corrected chi connectivity index (χ2v) is 7.82. The first-order valence-corrected chi connectivity index (χ1v) is 9.87. The van der Waals surface area contributed by atoms with E-state index in [1.807, 2.05) is 13.1 Å². The third-order valence-electron chi connectivity index (χ3n) is 5.64. The van der Waals surface area contributed by atoms with Crippen molar-refractivity contribution in [3.8, 4) is 11.1 Å². The number of nitrogens with one attached hydrogen (secondary N) is 2. The molecule has 3 N–H and O–H groups in total. The van der Waals surface area contributed by atoms with Crippen molar-refractivity contribution < 1.29 is 18.6 Å². The normalized spacial score (nSPS) is 21.1. The van der Waals surface area contributed by atoms with Crippen LogP contribution in [0.15, 0.2) is 42.4 Å². The van der Waals surface area contributed by atoms with E-state index in [0.29, 0.717) is 17.3 Å². The number of hydrogen-bond acceptors (Lipinski definition) is 5. The summed E-state index contributed by atoms with van der Waals surface area (Å²) in [5, 5.41) is 16.9. The molecule has 2 atom stereocenters. The van der Waals surface area contributed by atoms with Crippen LogP contribution in [0.25, 0.3) is 11.1 Å². The Balaban J connectivity index is 1.57. The zero-order valence-electron chi connectivity index (χ0n) is 16.5. The van der Waals surface area contributed by atoms with Crippen molar-refractivity contribution >= 4 is 0 Å². The predicted octanol–water partition coefficient (Wildman–Crippen LogP) is 3.51. The minimum atomic E-state index is -1.16. The maximum absolute atomic E-state index is 14.9. The SMILES string of the molecule is CC[C@H]1CC(NC(C)c2cc(F)c(-c3ccnc(C4(O)COC4)c3)cc2F)=CN1. The summed E-state index contributed by atoms with van der Waals surface area (Å²) >= 11 is 0. The van der Waals surface area contributed by atoms with E-state index in [1.54, 1.807) is 12.1 Å². The van der Waals surface area contributed by atoms with Gasteiger partial charge >= 0.3 is 0 Å². The highest BCUT2D eigenvalue weighted by Crippen LogP contribution is 2.33. The van der Waals surface area contributed by atoms with Crippen molar-refractivity contribution in [1.29, 1.82) is 0 Å². The minimum Gasteiger partial charge on any atom is -0.386 e. The molecule has 4 rings (SSSR count). The van der Waals surface area contributed by atoms with Gasteiger partial charge in [-0.05, 0) is 43.2 Å². The van der Waals surface area contributed by atoms with Gasteiger partial charge in [0.05, 0.1) is 24.9 Å². The largest absolute Gasteiger partial charge is 0.386 e. The van der Waals surface area contributed by atoms with E-state index in [4.69, 9.17) is 4.74 Å². The highest BCUT2D eigenvalue weighted by molar-refractivity contribution is 5.65. The Bertz CT molecular complexity index is 944. The van der Waals surface area contributed by atoms with Crippen molar-refractivity contribution in [3.63, 3.8) is 0 Å². The summed E-state index contributed by atoms with van der Waals surface area (Å²) in [6, 6.07) is 5.64. The van der Waals surface area contributed by atoms with Gasteiger partial charge < -0.3 is 20.5 Å². The van der Waals surface area contributed by atoms with E-state index < -0.39 is 17.2 Å². The molecule has 1 saturated heterocycles. The molecule has 2 aromatic rings. The first-order chi connectivity index (χ1) is 13.9. The second kappa shape index (κ2) is 7.72. The topological polar surface area (TPSA) is 66.4 Å². The van der Waals surface area contributed by atoms with Gasteiger partial charge in [0.25, 0.3) is 0 Å². The molecule has 1 aromatic carbocycles. The smallest absolute Gasteiger partial charge is 0.153 e. The minimum absolute atomic E-state index is 0.138. The number of benzene rings is 1. The van der Waals surface area contributed by atoms with Crippen LogP contribution in [0.4, 0.5) is 8.78 Å². The highest BCUT2D eigenvalue weighted by Gasteiger charge is 2.39. The van der Waals surface area contributed by atoms with E-state index in [9.17, 15) is 13.9 Å². The quantitative estimate of drug-likeness (QED) is 0.691. The number of pyridine rings is 1. The molecule has 1 aromatic heterocycles. The summed E-state index contributed by atoms with van der Waals surface area (Å²) in [5.74, 6) is -1.00. The number of rotatable bonds is 6. The molecule has 2 aliphatic heterocycles. The monoisotopic (exact) mass is 401 g/mol. The van der Waals surface area contributed by atoms with Crippen LogP contribution < -0.4 is 10.6 Å². The van der Waals surface area contributed by atoms with Gasteiger partial charge in [0.15, 0.2) is 5.60 Å². The fourth-order valence-corrected chi connectivity index (χ4v) is 3.73. The Kier molecular flexibility index (Phi) is 5.27. The van der Waals surface area contributed by atoms with Gasteiger partial charge in [-0.25, -0.2) is 8.78 Å². The molecule has 1 unspecified atom stereocenters. The fraction of sp³-hybridized carbons (Fsp3) is 0.409. The maximum Gasteiger partial charge on any atom is 0.153 e. The Morgan fingerprint density at radius 3 is 2.76 bits per heavy atom. The van der Waals surface area contributed by atoms with Gasteiger partial charge in [0.1, 0.15) is 11.6 Å². The zero-order valence-corrected chi connectivity index (χ0v) is 16.5. The maximum atomic E-state index is 14.9. The third kappa shape index (κ3) is 3.84. The lowest BCUT2D eigenvalue weighted by atomic mass is 9.93. The summed E-state index contributed by atoms with van der Waals surface area (Å²) in [5.41, 5.74) is 1.09. The van der Waals surface area contributed by atoms with Crippen LogP contribution in [-0.4, -0.2) is 29.3 Å². The second-order valence-electron chi connectivity index (χ2n) is 7.82. The molecule has 29 heavy (non-hydrogen) atoms. The average Bonchev–Trinajstić information content (AvgIpc) is 3.15. The lowest BCUT2D eigenvalue weighted by Gasteiger charge is -2.35. The van der Waals surface area contributed by atoms with Gasteiger partial charge in [-0.1, -0.05) is 6.92 Å². The van der Waals surface area contributed by atoms with Gasteiger partial charge in [0.2, 0.25) is 0 Å². The van der Waals surface area contributed by atoms with Crippen LogP contribution >= 0.6 is 0 Å². The van der Waals surface area contributed by atoms with Crippen LogP contribution in [0.5, 0.6) is 0 Å².